The van der Waals surface area contributed by atoms with Crippen molar-refractivity contribution < 1.29 is 4.79 Å². The van der Waals surface area contributed by atoms with Gasteiger partial charge < -0.3 is 0 Å². The van der Waals surface area contributed by atoms with Crippen LogP contribution in [0.3, 0.4) is 0 Å². The molecule has 0 aromatic heterocycles. The number of hydrazone groups is 1. The molecule has 26 heavy (non-hydrogen) atoms. The van der Waals surface area contributed by atoms with Crippen LogP contribution in [0.5, 0.6) is 0 Å². The maximum Gasteiger partial charge on any atom is 0.243 e. The smallest absolute Gasteiger partial charge is 0.243 e. The lowest BCUT2D eigenvalue weighted by Crippen LogP contribution is -2.22. The molecule has 0 saturated heterocycles. The summed E-state index contributed by atoms with van der Waals surface area (Å²) in [6, 6.07) is 30.0. The second kappa shape index (κ2) is 7.36. The van der Waals surface area contributed by atoms with Crippen LogP contribution in [-0.2, 0) is 4.79 Å². The van der Waals surface area contributed by atoms with Gasteiger partial charge in [-0.25, -0.2) is 5.43 Å². The monoisotopic (exact) mass is 340 g/mol. The van der Waals surface area contributed by atoms with E-state index in [1.165, 1.54) is 5.56 Å². The Balaban J connectivity index is 1.52. The van der Waals surface area contributed by atoms with Gasteiger partial charge in [-0.3, -0.25) is 4.79 Å². The first-order valence-corrected chi connectivity index (χ1v) is 8.86. The van der Waals surface area contributed by atoms with Crippen LogP contribution < -0.4 is 5.43 Å². The molecule has 0 aliphatic heterocycles. The van der Waals surface area contributed by atoms with Gasteiger partial charge in [0.05, 0.1) is 5.71 Å². The van der Waals surface area contributed by atoms with Gasteiger partial charge in [0.2, 0.25) is 5.91 Å². The fourth-order valence-electron chi connectivity index (χ4n) is 3.24. The van der Waals surface area contributed by atoms with Gasteiger partial charge in [-0.15, -0.1) is 0 Å². The third-order valence-electron chi connectivity index (χ3n) is 4.73. The summed E-state index contributed by atoms with van der Waals surface area (Å²) in [6.07, 6.45) is 0.886. The molecule has 1 N–H and O–H groups in total. The topological polar surface area (TPSA) is 41.5 Å². The van der Waals surface area contributed by atoms with Crippen molar-refractivity contribution >= 4 is 11.6 Å². The van der Waals surface area contributed by atoms with E-state index in [2.05, 4.69) is 22.7 Å². The van der Waals surface area contributed by atoms with E-state index in [1.807, 2.05) is 78.9 Å². The number of nitrogens with one attached hydrogen (secondary N) is 1. The molecule has 3 aromatic rings. The van der Waals surface area contributed by atoms with Crippen molar-refractivity contribution in [2.75, 3.05) is 0 Å². The normalized spacial score (nSPS) is 18.0. The number of hydrogen-bond acceptors (Lipinski definition) is 2. The van der Waals surface area contributed by atoms with Gasteiger partial charge in [-0.05, 0) is 17.9 Å². The minimum Gasteiger partial charge on any atom is -0.273 e. The predicted octanol–water partition coefficient (Wildman–Crippen LogP) is 4.36. The third-order valence-corrected chi connectivity index (χ3v) is 4.73. The van der Waals surface area contributed by atoms with Crippen LogP contribution in [0.2, 0.25) is 0 Å². The number of nitrogens with zero attached hydrogens (tertiary/aromatic N) is 1. The van der Waals surface area contributed by atoms with E-state index in [0.29, 0.717) is 5.92 Å². The van der Waals surface area contributed by atoms with Crippen LogP contribution in [0.1, 0.15) is 29.0 Å². The molecule has 0 radical (unpaired) electrons. The lowest BCUT2D eigenvalue weighted by Gasteiger charge is -2.08. The van der Waals surface area contributed by atoms with Crippen molar-refractivity contribution in [2.24, 2.45) is 11.0 Å². The number of benzene rings is 3. The Morgan fingerprint density at radius 2 is 1.27 bits per heavy atom. The second-order valence-electron chi connectivity index (χ2n) is 6.53. The Bertz CT molecular complexity index is 863. The number of rotatable bonds is 5. The molecule has 3 aromatic carbocycles. The zero-order chi connectivity index (χ0) is 17.8. The van der Waals surface area contributed by atoms with Gasteiger partial charge in [0.25, 0.3) is 0 Å². The standard InChI is InChI=1S/C23H20N2O/c26-23(21-16-20(21)17-10-4-1-5-11-17)25-24-22(18-12-6-2-7-13-18)19-14-8-3-9-15-19/h1-15,20-21H,16H2,(H,25,26)/t20-,21+/m0/s1. The molecule has 4 rings (SSSR count). The van der Waals surface area contributed by atoms with Gasteiger partial charge in [0.1, 0.15) is 0 Å². The minimum absolute atomic E-state index is 0.00828. The van der Waals surface area contributed by atoms with E-state index in [1.54, 1.807) is 0 Å². The first kappa shape index (κ1) is 16.3. The summed E-state index contributed by atoms with van der Waals surface area (Å²) >= 11 is 0. The van der Waals surface area contributed by atoms with Crippen molar-refractivity contribution in [2.45, 2.75) is 12.3 Å². The Morgan fingerprint density at radius 1 is 0.769 bits per heavy atom. The van der Waals surface area contributed by atoms with Gasteiger partial charge in [0, 0.05) is 17.0 Å². The van der Waals surface area contributed by atoms with E-state index in [0.717, 1.165) is 23.3 Å². The fraction of sp³-hybridized carbons (Fsp3) is 0.130. The molecule has 1 aliphatic carbocycles. The summed E-state index contributed by atoms with van der Waals surface area (Å²) in [5.41, 5.74) is 6.75. The maximum atomic E-state index is 12.5. The molecule has 0 spiro atoms. The summed E-state index contributed by atoms with van der Waals surface area (Å²) in [5, 5.41) is 4.47. The molecule has 1 fully saturated rings. The van der Waals surface area contributed by atoms with Crippen molar-refractivity contribution in [3.05, 3.63) is 108 Å². The fourth-order valence-corrected chi connectivity index (χ4v) is 3.24. The highest BCUT2D eigenvalue weighted by atomic mass is 16.2. The molecule has 1 aliphatic rings. The van der Waals surface area contributed by atoms with Crippen molar-refractivity contribution in [1.82, 2.24) is 5.43 Å². The quantitative estimate of drug-likeness (QED) is 0.544. The third kappa shape index (κ3) is 3.57. The Labute approximate surface area is 153 Å². The zero-order valence-corrected chi connectivity index (χ0v) is 14.4. The van der Waals surface area contributed by atoms with Gasteiger partial charge in [0.15, 0.2) is 0 Å². The van der Waals surface area contributed by atoms with Gasteiger partial charge in [-0.2, -0.15) is 5.10 Å². The van der Waals surface area contributed by atoms with Crippen LogP contribution in [-0.4, -0.2) is 11.6 Å². The highest BCUT2D eigenvalue weighted by molar-refractivity contribution is 6.13. The Kier molecular flexibility index (Phi) is 4.61. The van der Waals surface area contributed by atoms with E-state index < -0.39 is 0 Å². The van der Waals surface area contributed by atoms with Crippen molar-refractivity contribution in [3.63, 3.8) is 0 Å². The number of amides is 1. The van der Waals surface area contributed by atoms with Crippen LogP contribution in [0.15, 0.2) is 96.1 Å². The molecule has 0 heterocycles. The Hall–Kier alpha value is -3.20. The average molecular weight is 340 g/mol. The number of carbonyl (C=O) groups excluding carboxylic acids is 1. The van der Waals surface area contributed by atoms with Gasteiger partial charge in [-0.1, -0.05) is 91.0 Å². The molecular formula is C23H20N2O. The molecular weight excluding hydrogens is 320 g/mol. The molecule has 0 unspecified atom stereocenters. The largest absolute Gasteiger partial charge is 0.273 e. The summed E-state index contributed by atoms with van der Waals surface area (Å²) < 4.78 is 0. The number of hydrogen-bond donors (Lipinski definition) is 1. The predicted molar refractivity (Wildman–Crippen MR) is 104 cm³/mol. The van der Waals surface area contributed by atoms with E-state index in [9.17, 15) is 4.79 Å². The summed E-state index contributed by atoms with van der Waals surface area (Å²) in [4.78, 5) is 12.5. The highest BCUT2D eigenvalue weighted by Gasteiger charge is 2.43. The SMILES string of the molecule is O=C(NN=C(c1ccccc1)c1ccccc1)[C@@H]1C[C@H]1c1ccccc1. The van der Waals surface area contributed by atoms with Crippen LogP contribution in [0.4, 0.5) is 0 Å². The zero-order valence-electron chi connectivity index (χ0n) is 14.4. The van der Waals surface area contributed by atoms with Crippen molar-refractivity contribution in [1.29, 1.82) is 0 Å². The van der Waals surface area contributed by atoms with E-state index in [-0.39, 0.29) is 11.8 Å². The number of carbonyl (C=O) groups is 1. The molecule has 2 atom stereocenters. The second-order valence-corrected chi connectivity index (χ2v) is 6.53. The maximum absolute atomic E-state index is 12.5. The minimum atomic E-state index is -0.0109. The first-order valence-electron chi connectivity index (χ1n) is 8.86. The van der Waals surface area contributed by atoms with Crippen LogP contribution >= 0.6 is 0 Å². The lowest BCUT2D eigenvalue weighted by molar-refractivity contribution is -0.122. The van der Waals surface area contributed by atoms with Gasteiger partial charge >= 0.3 is 0 Å². The molecule has 0 bridgehead atoms. The van der Waals surface area contributed by atoms with Crippen LogP contribution in [0.25, 0.3) is 0 Å². The molecule has 1 saturated carbocycles. The molecule has 128 valence electrons. The summed E-state index contributed by atoms with van der Waals surface area (Å²) in [6.45, 7) is 0. The van der Waals surface area contributed by atoms with Crippen molar-refractivity contribution in [3.8, 4) is 0 Å². The first-order chi connectivity index (χ1) is 12.8. The summed E-state index contributed by atoms with van der Waals surface area (Å²) in [5.74, 6) is 0.306. The molecule has 3 nitrogen and oxygen atoms in total. The molecule has 1 amide bonds. The van der Waals surface area contributed by atoms with Crippen LogP contribution in [0, 0.1) is 5.92 Å². The highest BCUT2D eigenvalue weighted by Crippen LogP contribution is 2.47. The lowest BCUT2D eigenvalue weighted by atomic mass is 10.0. The van der Waals surface area contributed by atoms with E-state index in [4.69, 9.17) is 0 Å². The average Bonchev–Trinajstić information content (AvgIpc) is 3.51. The molecule has 3 heteroatoms. The van der Waals surface area contributed by atoms with E-state index >= 15 is 0 Å². The summed E-state index contributed by atoms with van der Waals surface area (Å²) in [7, 11) is 0. The Morgan fingerprint density at radius 3 is 1.81 bits per heavy atom.